The van der Waals surface area contributed by atoms with Crippen molar-refractivity contribution in [1.82, 2.24) is 0 Å². The summed E-state index contributed by atoms with van der Waals surface area (Å²) in [4.78, 5) is 0. The van der Waals surface area contributed by atoms with Gasteiger partial charge in [0, 0.05) is 6.42 Å². The molecule has 73 valence electrons. The van der Waals surface area contributed by atoms with Gasteiger partial charge in [-0.3, -0.25) is 0 Å². The van der Waals surface area contributed by atoms with Crippen LogP contribution in [0.25, 0.3) is 0 Å². The van der Waals surface area contributed by atoms with Gasteiger partial charge < -0.3 is 0 Å². The molecule has 0 aliphatic heterocycles. The van der Waals surface area contributed by atoms with Gasteiger partial charge in [-0.25, -0.2) is 8.99 Å². The van der Waals surface area contributed by atoms with Gasteiger partial charge in [0.1, 0.15) is 0 Å². The van der Waals surface area contributed by atoms with Crippen molar-refractivity contribution in [2.75, 3.05) is 33.0 Å². The van der Waals surface area contributed by atoms with Crippen molar-refractivity contribution in [2.45, 2.75) is 13.3 Å². The quantitative estimate of drug-likeness (QED) is 0.590. The zero-order valence-electron chi connectivity index (χ0n) is 7.91. The van der Waals surface area contributed by atoms with E-state index in [4.69, 9.17) is 0 Å². The zero-order chi connectivity index (χ0) is 9.83. The molecule has 0 aromatic heterocycles. The van der Waals surface area contributed by atoms with Crippen LogP contribution in [0.2, 0.25) is 0 Å². The van der Waals surface area contributed by atoms with Gasteiger partial charge in [-0.1, -0.05) is 0 Å². The minimum atomic E-state index is -3.07. The van der Waals surface area contributed by atoms with Gasteiger partial charge in [-0.05, 0) is 6.92 Å². The van der Waals surface area contributed by atoms with Crippen molar-refractivity contribution in [2.24, 2.45) is 0 Å². The average Bonchev–Trinajstić information content (AvgIpc) is 2.00. The number of hydrogen-bond donors (Lipinski definition) is 0. The molecule has 0 heterocycles. The van der Waals surface area contributed by atoms with Crippen molar-refractivity contribution < 1.29 is 17.4 Å². The highest BCUT2D eigenvalue weighted by atomic mass is 32.2. The minimum Gasteiger partial charge on any atom is -0.237 e. The van der Waals surface area contributed by atoms with E-state index in [0.717, 1.165) is 0 Å². The number of hydrogen-bond acceptors (Lipinski definition) is 2. The fourth-order valence-electron chi connectivity index (χ4n) is 0.934. The van der Waals surface area contributed by atoms with Crippen LogP contribution >= 0.6 is 0 Å². The van der Waals surface area contributed by atoms with E-state index in [-0.39, 0.29) is 16.2 Å². The maximum atomic E-state index is 11.4. The molecular formula is C7H17NO3S+. The summed E-state index contributed by atoms with van der Waals surface area (Å²) >= 11 is 0. The molecule has 5 heteroatoms. The summed E-state index contributed by atoms with van der Waals surface area (Å²) in [6.45, 7) is 1.81. The molecule has 0 amide bonds. The summed E-state index contributed by atoms with van der Waals surface area (Å²) in [5.74, 6) is 0.124. The monoisotopic (exact) mass is 195 g/mol. The third kappa shape index (κ3) is 2.73. The molecule has 0 N–H and O–H groups in total. The average molecular weight is 195 g/mol. The van der Waals surface area contributed by atoms with Gasteiger partial charge in [0.05, 0.1) is 33.0 Å². The normalized spacial score (nSPS) is 13.3. The van der Waals surface area contributed by atoms with Gasteiger partial charge in [-0.15, -0.1) is 0 Å². The van der Waals surface area contributed by atoms with E-state index in [1.807, 2.05) is 0 Å². The first kappa shape index (κ1) is 11.9. The lowest BCUT2D eigenvalue weighted by atomic mass is 10.4. The fraction of sp³-hybridized carbons (Fsp3) is 1.00. The highest BCUT2D eigenvalue weighted by Crippen LogP contribution is 2.09. The molecule has 0 saturated heterocycles. The van der Waals surface area contributed by atoms with E-state index >= 15 is 0 Å². The molecule has 0 spiro atoms. The summed E-state index contributed by atoms with van der Waals surface area (Å²) in [6, 6.07) is 0. The Balaban J connectivity index is 4.39. The van der Waals surface area contributed by atoms with Crippen molar-refractivity contribution in [1.29, 1.82) is 0 Å². The topological polar surface area (TPSA) is 54.0 Å². The molecular weight excluding hydrogens is 178 g/mol. The second kappa shape index (κ2) is 4.20. The van der Waals surface area contributed by atoms with E-state index in [9.17, 15) is 13.5 Å². The van der Waals surface area contributed by atoms with E-state index < -0.39 is 10.0 Å². The summed E-state index contributed by atoms with van der Waals surface area (Å²) in [5, 5.41) is 10.2. The molecule has 4 nitrogen and oxygen atoms in total. The van der Waals surface area contributed by atoms with Crippen LogP contribution in [-0.4, -0.2) is 45.3 Å². The Morgan fingerprint density at radius 3 is 2.08 bits per heavy atom. The molecule has 0 rings (SSSR count). The van der Waals surface area contributed by atoms with Crippen LogP contribution in [0.5, 0.6) is 0 Å². The van der Waals surface area contributed by atoms with Crippen molar-refractivity contribution in [3.63, 3.8) is 0 Å². The lowest BCUT2D eigenvalue weighted by Crippen LogP contribution is -2.47. The van der Waals surface area contributed by atoms with Crippen LogP contribution in [-0.2, 0) is 15.1 Å². The smallest absolute Gasteiger partial charge is 0.237 e. The lowest BCUT2D eigenvalue weighted by Gasteiger charge is -2.27. The van der Waals surface area contributed by atoms with Crippen LogP contribution in [0, 0.1) is 0 Å². The summed E-state index contributed by atoms with van der Waals surface area (Å²) in [6.07, 6.45) is 0.409. The highest BCUT2D eigenvalue weighted by Gasteiger charge is 2.29. The van der Waals surface area contributed by atoms with Gasteiger partial charge >= 0.3 is 0 Å². The second-order valence-corrected chi connectivity index (χ2v) is 5.96. The molecule has 0 aliphatic carbocycles. The minimum absolute atomic E-state index is 0.0776. The summed E-state index contributed by atoms with van der Waals surface area (Å²) < 4.78 is 22.7. The third-order valence-corrected chi connectivity index (χ3v) is 4.38. The van der Waals surface area contributed by atoms with Crippen LogP contribution in [0.4, 0.5) is 0 Å². The van der Waals surface area contributed by atoms with Crippen molar-refractivity contribution in [3.8, 4) is 0 Å². The van der Waals surface area contributed by atoms with Crippen molar-refractivity contribution in [3.05, 3.63) is 0 Å². The predicted octanol–water partition coefficient (Wildman–Crippen LogP) is 0.233. The first-order chi connectivity index (χ1) is 5.37. The molecule has 0 aromatic carbocycles. The maximum Gasteiger partial charge on any atom is 0.296 e. The van der Waals surface area contributed by atoms with Crippen LogP contribution < -0.4 is 0 Å². The molecule has 0 aromatic rings. The van der Waals surface area contributed by atoms with Crippen molar-refractivity contribution >= 4 is 10.0 Å². The van der Waals surface area contributed by atoms with E-state index in [0.29, 0.717) is 13.0 Å². The first-order valence-corrected chi connectivity index (χ1v) is 5.62. The highest BCUT2D eigenvalue weighted by molar-refractivity contribution is 7.85. The standard InChI is InChI=1S/C7H17NO3S/c1-4-12(10,11)8(2,3)6-5-7-9/h4-7H2,1-3H3/q+1. The molecule has 0 bridgehead atoms. The first-order valence-electron chi connectivity index (χ1n) is 4.01. The third-order valence-electron chi connectivity index (χ3n) is 1.96. The molecule has 0 atom stereocenters. The Morgan fingerprint density at radius 1 is 1.25 bits per heavy atom. The van der Waals surface area contributed by atoms with E-state index in [2.05, 4.69) is 0 Å². The Bertz CT molecular complexity index is 221. The second-order valence-electron chi connectivity index (χ2n) is 3.23. The van der Waals surface area contributed by atoms with Gasteiger partial charge in [0.25, 0.3) is 10.0 Å². The largest absolute Gasteiger partial charge is 0.296 e. The number of rotatable bonds is 5. The number of quaternary nitrogens is 1. The predicted molar refractivity (Wildman–Crippen MR) is 46.6 cm³/mol. The molecule has 0 saturated carbocycles. The maximum absolute atomic E-state index is 11.4. The molecule has 0 fully saturated rings. The zero-order valence-corrected chi connectivity index (χ0v) is 8.73. The Morgan fingerprint density at radius 2 is 1.75 bits per heavy atom. The Labute approximate surface area is 74.5 Å². The van der Waals surface area contributed by atoms with Crippen LogP contribution in [0.1, 0.15) is 13.3 Å². The summed E-state index contributed by atoms with van der Waals surface area (Å²) in [5.41, 5.74) is 0. The number of sulfonamides is 1. The SMILES string of the molecule is CCS(=O)(=O)[N+](C)(C)CCC[O]. The lowest BCUT2D eigenvalue weighted by molar-refractivity contribution is -0.762. The van der Waals surface area contributed by atoms with Gasteiger partial charge in [-0.2, -0.15) is 8.42 Å². The van der Waals surface area contributed by atoms with Gasteiger partial charge in [0.2, 0.25) is 0 Å². The molecule has 0 aliphatic rings. The molecule has 1 radical (unpaired) electrons. The molecule has 0 unspecified atom stereocenters. The summed E-state index contributed by atoms with van der Waals surface area (Å²) in [7, 11) is 0.168. The fourth-order valence-corrected chi connectivity index (χ4v) is 2.04. The molecule has 12 heavy (non-hydrogen) atoms. The van der Waals surface area contributed by atoms with Crippen LogP contribution in [0.15, 0.2) is 0 Å². The Hall–Kier alpha value is -0.130. The van der Waals surface area contributed by atoms with E-state index in [1.54, 1.807) is 21.0 Å². The van der Waals surface area contributed by atoms with Gasteiger partial charge in [0.15, 0.2) is 0 Å². The number of nitrogens with zero attached hydrogens (tertiary/aromatic N) is 1. The van der Waals surface area contributed by atoms with E-state index in [1.165, 1.54) is 0 Å². The van der Waals surface area contributed by atoms with Crippen LogP contribution in [0.3, 0.4) is 0 Å². The Kier molecular flexibility index (Phi) is 4.16.